The van der Waals surface area contributed by atoms with Gasteiger partial charge in [-0.3, -0.25) is 4.79 Å². The SMILES string of the molecule is CCCOc1ccc(NC(=O)C(C)(OC)C2CC2)cc1Cl. The van der Waals surface area contributed by atoms with Crippen LogP contribution in [0, 0.1) is 5.92 Å². The van der Waals surface area contributed by atoms with Gasteiger partial charge in [0.25, 0.3) is 5.91 Å². The second-order valence-corrected chi connectivity index (χ2v) is 5.94. The molecule has 0 aromatic heterocycles. The highest BCUT2D eigenvalue weighted by atomic mass is 35.5. The standard InChI is InChI=1S/C16H22ClNO3/c1-4-9-21-14-8-7-12(10-13(14)17)18-15(19)16(2,20-3)11-5-6-11/h7-8,10-11H,4-6,9H2,1-3H3,(H,18,19). The highest BCUT2D eigenvalue weighted by Crippen LogP contribution is 2.42. The second-order valence-electron chi connectivity index (χ2n) is 5.53. The molecule has 21 heavy (non-hydrogen) atoms. The molecular weight excluding hydrogens is 290 g/mol. The summed E-state index contributed by atoms with van der Waals surface area (Å²) in [7, 11) is 1.58. The molecule has 5 heteroatoms. The first kappa shape index (κ1) is 16.1. The van der Waals surface area contributed by atoms with Gasteiger partial charge >= 0.3 is 0 Å². The van der Waals surface area contributed by atoms with Crippen LogP contribution in [0.2, 0.25) is 5.02 Å². The number of hydrogen-bond donors (Lipinski definition) is 1. The Morgan fingerprint density at radius 1 is 1.48 bits per heavy atom. The Kier molecular flexibility index (Phi) is 5.12. The van der Waals surface area contributed by atoms with Crippen LogP contribution in [0.25, 0.3) is 0 Å². The lowest BCUT2D eigenvalue weighted by molar-refractivity contribution is -0.138. The predicted octanol–water partition coefficient (Wildman–Crippen LogP) is 3.88. The third kappa shape index (κ3) is 3.69. The molecule has 1 fully saturated rings. The van der Waals surface area contributed by atoms with E-state index in [2.05, 4.69) is 5.32 Å². The summed E-state index contributed by atoms with van der Waals surface area (Å²) in [5, 5.41) is 3.37. The van der Waals surface area contributed by atoms with Gasteiger partial charge < -0.3 is 14.8 Å². The van der Waals surface area contributed by atoms with Crippen molar-refractivity contribution in [3.8, 4) is 5.75 Å². The van der Waals surface area contributed by atoms with Gasteiger partial charge in [0.2, 0.25) is 0 Å². The summed E-state index contributed by atoms with van der Waals surface area (Å²) in [5.74, 6) is 0.795. The molecule has 4 nitrogen and oxygen atoms in total. The van der Waals surface area contributed by atoms with E-state index in [-0.39, 0.29) is 5.91 Å². The third-order valence-electron chi connectivity index (χ3n) is 3.88. The fraction of sp³-hybridized carbons (Fsp3) is 0.562. The first-order valence-corrected chi connectivity index (χ1v) is 7.68. The highest BCUT2D eigenvalue weighted by molar-refractivity contribution is 6.32. The van der Waals surface area contributed by atoms with E-state index in [0.717, 1.165) is 19.3 Å². The van der Waals surface area contributed by atoms with Crippen LogP contribution in [0.1, 0.15) is 33.1 Å². The van der Waals surface area contributed by atoms with Crippen molar-refractivity contribution in [3.05, 3.63) is 23.2 Å². The number of methoxy groups -OCH3 is 1. The van der Waals surface area contributed by atoms with E-state index in [1.807, 2.05) is 13.8 Å². The number of anilines is 1. The van der Waals surface area contributed by atoms with Gasteiger partial charge in [-0.15, -0.1) is 0 Å². The Bertz CT molecular complexity index is 516. The normalized spacial score (nSPS) is 17.1. The van der Waals surface area contributed by atoms with E-state index >= 15 is 0 Å². The Morgan fingerprint density at radius 2 is 2.19 bits per heavy atom. The number of carbonyl (C=O) groups is 1. The molecule has 1 aromatic rings. The molecule has 1 N–H and O–H groups in total. The number of halogens is 1. The maximum absolute atomic E-state index is 12.4. The van der Waals surface area contributed by atoms with Crippen LogP contribution in [0.4, 0.5) is 5.69 Å². The molecule has 1 amide bonds. The average molecular weight is 312 g/mol. The highest BCUT2D eigenvalue weighted by Gasteiger charge is 2.47. The largest absolute Gasteiger partial charge is 0.492 e. The zero-order chi connectivity index (χ0) is 15.5. The maximum Gasteiger partial charge on any atom is 0.256 e. The Labute approximate surface area is 130 Å². The van der Waals surface area contributed by atoms with Crippen molar-refractivity contribution < 1.29 is 14.3 Å². The van der Waals surface area contributed by atoms with Gasteiger partial charge in [-0.05, 0) is 50.3 Å². The van der Waals surface area contributed by atoms with Crippen LogP contribution in [-0.2, 0) is 9.53 Å². The van der Waals surface area contributed by atoms with Crippen LogP contribution in [0.3, 0.4) is 0 Å². The molecule has 0 radical (unpaired) electrons. The summed E-state index contributed by atoms with van der Waals surface area (Å²) in [6.07, 6.45) is 2.98. The van der Waals surface area contributed by atoms with Crippen molar-refractivity contribution in [2.24, 2.45) is 5.92 Å². The molecule has 0 aliphatic heterocycles. The van der Waals surface area contributed by atoms with Gasteiger partial charge in [0, 0.05) is 12.8 Å². The van der Waals surface area contributed by atoms with Crippen LogP contribution in [0.5, 0.6) is 5.75 Å². The molecule has 1 unspecified atom stereocenters. The minimum atomic E-state index is -0.774. The molecule has 0 spiro atoms. The van der Waals surface area contributed by atoms with Crippen LogP contribution in [0.15, 0.2) is 18.2 Å². The first-order valence-electron chi connectivity index (χ1n) is 7.30. The fourth-order valence-electron chi connectivity index (χ4n) is 2.24. The zero-order valence-electron chi connectivity index (χ0n) is 12.7. The monoisotopic (exact) mass is 311 g/mol. The Balaban J connectivity index is 2.05. The average Bonchev–Trinajstić information content (AvgIpc) is 3.30. The number of nitrogens with one attached hydrogen (secondary N) is 1. The fourth-order valence-corrected chi connectivity index (χ4v) is 2.48. The maximum atomic E-state index is 12.4. The Morgan fingerprint density at radius 3 is 2.71 bits per heavy atom. The molecule has 1 atom stereocenters. The lowest BCUT2D eigenvalue weighted by atomic mass is 9.99. The van der Waals surface area contributed by atoms with Gasteiger partial charge in [-0.2, -0.15) is 0 Å². The summed E-state index contributed by atoms with van der Waals surface area (Å²) in [6.45, 7) is 4.49. The van der Waals surface area contributed by atoms with E-state index in [4.69, 9.17) is 21.1 Å². The lowest BCUT2D eigenvalue weighted by Gasteiger charge is -2.26. The molecule has 1 aromatic carbocycles. The molecule has 0 heterocycles. The van der Waals surface area contributed by atoms with Crippen LogP contribution < -0.4 is 10.1 Å². The van der Waals surface area contributed by atoms with E-state index < -0.39 is 5.60 Å². The summed E-state index contributed by atoms with van der Waals surface area (Å²) in [6, 6.07) is 5.26. The number of carbonyl (C=O) groups excluding carboxylic acids is 1. The predicted molar refractivity (Wildman–Crippen MR) is 84.0 cm³/mol. The topological polar surface area (TPSA) is 47.6 Å². The molecule has 0 saturated heterocycles. The minimum Gasteiger partial charge on any atom is -0.492 e. The third-order valence-corrected chi connectivity index (χ3v) is 4.18. The molecule has 0 bridgehead atoms. The van der Waals surface area contributed by atoms with Gasteiger partial charge in [0.1, 0.15) is 11.4 Å². The molecule has 1 aliphatic carbocycles. The lowest BCUT2D eigenvalue weighted by Crippen LogP contribution is -2.44. The van der Waals surface area contributed by atoms with Crippen molar-refractivity contribution in [1.82, 2.24) is 0 Å². The zero-order valence-corrected chi connectivity index (χ0v) is 13.5. The van der Waals surface area contributed by atoms with Gasteiger partial charge in [-0.25, -0.2) is 0 Å². The molecule has 1 aliphatic rings. The smallest absolute Gasteiger partial charge is 0.256 e. The molecule has 116 valence electrons. The number of ether oxygens (including phenoxy) is 2. The quantitative estimate of drug-likeness (QED) is 0.831. The first-order chi connectivity index (χ1) is 10.0. The van der Waals surface area contributed by atoms with Gasteiger partial charge in [0.15, 0.2) is 0 Å². The van der Waals surface area contributed by atoms with E-state index in [0.29, 0.717) is 29.0 Å². The van der Waals surface area contributed by atoms with Crippen molar-refractivity contribution in [2.75, 3.05) is 19.0 Å². The van der Waals surface area contributed by atoms with E-state index in [1.165, 1.54) is 0 Å². The summed E-state index contributed by atoms with van der Waals surface area (Å²) >= 11 is 6.16. The number of hydrogen-bond acceptors (Lipinski definition) is 3. The van der Waals surface area contributed by atoms with Crippen LogP contribution >= 0.6 is 11.6 Å². The van der Waals surface area contributed by atoms with Crippen molar-refractivity contribution in [1.29, 1.82) is 0 Å². The molecular formula is C16H22ClNO3. The van der Waals surface area contributed by atoms with Crippen molar-refractivity contribution >= 4 is 23.2 Å². The van der Waals surface area contributed by atoms with Crippen molar-refractivity contribution in [2.45, 2.75) is 38.7 Å². The summed E-state index contributed by atoms with van der Waals surface area (Å²) in [5.41, 5.74) is -0.123. The molecule has 1 saturated carbocycles. The Hall–Kier alpha value is -1.26. The number of benzene rings is 1. The summed E-state index contributed by atoms with van der Waals surface area (Å²) in [4.78, 5) is 12.4. The van der Waals surface area contributed by atoms with Gasteiger partial charge in [0.05, 0.1) is 11.6 Å². The molecule has 2 rings (SSSR count). The minimum absolute atomic E-state index is 0.134. The van der Waals surface area contributed by atoms with Gasteiger partial charge in [-0.1, -0.05) is 18.5 Å². The van der Waals surface area contributed by atoms with E-state index in [1.54, 1.807) is 25.3 Å². The number of rotatable bonds is 7. The van der Waals surface area contributed by atoms with E-state index in [9.17, 15) is 4.79 Å². The second kappa shape index (κ2) is 6.67. The van der Waals surface area contributed by atoms with Crippen LogP contribution in [-0.4, -0.2) is 25.2 Å². The van der Waals surface area contributed by atoms with Crippen molar-refractivity contribution in [3.63, 3.8) is 0 Å². The number of amides is 1. The summed E-state index contributed by atoms with van der Waals surface area (Å²) < 4.78 is 10.9.